The number of non-ortho nitro benzene ring substituents is 1. The number of rotatable bonds is 5. The molecule has 1 amide bonds. The summed E-state index contributed by atoms with van der Waals surface area (Å²) >= 11 is 6.17. The number of hydrogen-bond acceptors (Lipinski definition) is 4. The fourth-order valence-corrected chi connectivity index (χ4v) is 2.34. The van der Waals surface area contributed by atoms with Gasteiger partial charge in [0.25, 0.3) is 5.69 Å². The molecule has 0 saturated carbocycles. The summed E-state index contributed by atoms with van der Waals surface area (Å²) in [6, 6.07) is 11.3. The van der Waals surface area contributed by atoms with Crippen molar-refractivity contribution in [3.05, 3.63) is 75.3 Å². The fourth-order valence-electron chi connectivity index (χ4n) is 2.09. The third kappa shape index (κ3) is 5.14. The third-order valence-electron chi connectivity index (χ3n) is 3.33. The number of aliphatic hydroxyl groups excluding tert-OH is 1. The number of halogens is 1. The third-order valence-corrected chi connectivity index (χ3v) is 3.66. The summed E-state index contributed by atoms with van der Waals surface area (Å²) in [5.74, 6) is -0.188. The van der Waals surface area contributed by atoms with Crippen molar-refractivity contribution in [3.63, 3.8) is 0 Å². The highest BCUT2D eigenvalue weighted by atomic mass is 35.5. The first-order valence-electron chi connectivity index (χ1n) is 7.41. The molecule has 25 heavy (non-hydrogen) atoms. The maximum atomic E-state index is 11.7. The van der Waals surface area contributed by atoms with Crippen LogP contribution in [0, 0.1) is 10.1 Å². The highest BCUT2D eigenvalue weighted by Crippen LogP contribution is 2.34. The highest BCUT2D eigenvalue weighted by Gasteiger charge is 2.16. The molecule has 132 valence electrons. The van der Waals surface area contributed by atoms with E-state index in [1.807, 2.05) is 0 Å². The van der Waals surface area contributed by atoms with Gasteiger partial charge in [0.05, 0.1) is 4.92 Å². The molecule has 0 aliphatic rings. The molecule has 2 N–H and O–H groups in total. The molecule has 2 aromatic rings. The maximum absolute atomic E-state index is 11.7. The van der Waals surface area contributed by atoms with Crippen LogP contribution in [0.3, 0.4) is 0 Å². The lowest BCUT2D eigenvalue weighted by Gasteiger charge is -2.14. The summed E-state index contributed by atoms with van der Waals surface area (Å²) in [4.78, 5) is 22.2. The van der Waals surface area contributed by atoms with Gasteiger partial charge in [-0.05, 0) is 17.7 Å². The van der Waals surface area contributed by atoms with E-state index in [1.165, 1.54) is 18.2 Å². The van der Waals surface area contributed by atoms with Gasteiger partial charge in [0.15, 0.2) is 0 Å². The molecule has 0 atom stereocenters. The molecule has 7 heteroatoms. The fraction of sp³-hybridized carbons (Fsp3) is 0.167. The topological polar surface area (TPSA) is 92.5 Å². The lowest BCUT2D eigenvalue weighted by molar-refractivity contribution is -0.384. The van der Waals surface area contributed by atoms with Crippen molar-refractivity contribution >= 4 is 34.5 Å². The number of benzene rings is 2. The van der Waals surface area contributed by atoms with Gasteiger partial charge in [0.1, 0.15) is 0 Å². The summed E-state index contributed by atoms with van der Waals surface area (Å²) < 4.78 is 0. The summed E-state index contributed by atoms with van der Waals surface area (Å²) in [7, 11) is 1.00. The molecule has 0 bridgehead atoms. The van der Waals surface area contributed by atoms with Crippen molar-refractivity contribution in [2.75, 3.05) is 12.4 Å². The quantitative estimate of drug-likeness (QED) is 0.613. The van der Waals surface area contributed by atoms with E-state index in [-0.39, 0.29) is 11.6 Å². The van der Waals surface area contributed by atoms with Crippen molar-refractivity contribution in [2.24, 2.45) is 0 Å². The van der Waals surface area contributed by atoms with Gasteiger partial charge < -0.3 is 10.4 Å². The Morgan fingerprint density at radius 1 is 1.24 bits per heavy atom. The van der Waals surface area contributed by atoms with Crippen LogP contribution >= 0.6 is 11.6 Å². The lowest BCUT2D eigenvalue weighted by atomic mass is 9.97. The monoisotopic (exact) mass is 362 g/mol. The Morgan fingerprint density at radius 3 is 2.44 bits per heavy atom. The smallest absolute Gasteiger partial charge is 0.270 e. The van der Waals surface area contributed by atoms with E-state index in [2.05, 4.69) is 11.9 Å². The van der Waals surface area contributed by atoms with Crippen LogP contribution < -0.4 is 5.32 Å². The largest absolute Gasteiger partial charge is 0.400 e. The molecule has 0 heterocycles. The van der Waals surface area contributed by atoms with E-state index in [0.29, 0.717) is 33.8 Å². The molecule has 0 unspecified atom stereocenters. The lowest BCUT2D eigenvalue weighted by Crippen LogP contribution is -2.11. The Labute approximate surface area is 150 Å². The molecular formula is C18H19ClN2O4. The number of amides is 1. The zero-order valence-electron chi connectivity index (χ0n) is 14.0. The van der Waals surface area contributed by atoms with Crippen LogP contribution in [-0.2, 0) is 4.79 Å². The number of nitrogens with one attached hydrogen (secondary N) is 1. The first kappa shape index (κ1) is 20.3. The van der Waals surface area contributed by atoms with Gasteiger partial charge in [-0.3, -0.25) is 14.9 Å². The average molecular weight is 363 g/mol. The second-order valence-electron chi connectivity index (χ2n) is 4.85. The average Bonchev–Trinajstić information content (AvgIpc) is 2.63. The minimum Gasteiger partial charge on any atom is -0.400 e. The van der Waals surface area contributed by atoms with E-state index in [4.69, 9.17) is 16.7 Å². The molecule has 0 aliphatic heterocycles. The van der Waals surface area contributed by atoms with Crippen LogP contribution in [0.2, 0.25) is 5.02 Å². The summed E-state index contributed by atoms with van der Waals surface area (Å²) in [5, 5.41) is 21.2. The Morgan fingerprint density at radius 2 is 1.88 bits per heavy atom. The highest BCUT2D eigenvalue weighted by molar-refractivity contribution is 6.32. The van der Waals surface area contributed by atoms with Crippen molar-refractivity contribution in [1.82, 2.24) is 0 Å². The minimum absolute atomic E-state index is 0.0808. The number of nitro benzene ring substituents is 1. The normalized spacial score (nSPS) is 9.60. The van der Waals surface area contributed by atoms with Gasteiger partial charge in [-0.1, -0.05) is 43.3 Å². The second kappa shape index (κ2) is 9.56. The van der Waals surface area contributed by atoms with Crippen molar-refractivity contribution < 1.29 is 14.8 Å². The Hall–Kier alpha value is -2.70. The molecular weight excluding hydrogens is 344 g/mol. The number of nitro groups is 1. The van der Waals surface area contributed by atoms with Gasteiger partial charge in [0.2, 0.25) is 5.91 Å². The van der Waals surface area contributed by atoms with E-state index in [0.717, 1.165) is 7.11 Å². The van der Waals surface area contributed by atoms with Gasteiger partial charge in [-0.25, -0.2) is 0 Å². The van der Waals surface area contributed by atoms with E-state index in [1.54, 1.807) is 31.2 Å². The summed E-state index contributed by atoms with van der Waals surface area (Å²) in [6.45, 7) is 5.72. The molecule has 2 aromatic carbocycles. The number of anilines is 1. The number of aliphatic hydroxyl groups is 1. The van der Waals surface area contributed by atoms with Gasteiger partial charge in [-0.2, -0.15) is 0 Å². The molecule has 0 saturated heterocycles. The molecule has 0 fully saturated rings. The van der Waals surface area contributed by atoms with Crippen LogP contribution in [-0.4, -0.2) is 23.0 Å². The van der Waals surface area contributed by atoms with Crippen LogP contribution in [0.1, 0.15) is 24.5 Å². The van der Waals surface area contributed by atoms with Gasteiger partial charge in [-0.15, -0.1) is 0 Å². The van der Waals surface area contributed by atoms with Crippen molar-refractivity contribution in [3.8, 4) is 0 Å². The molecule has 0 spiro atoms. The number of nitrogens with zero attached hydrogens (tertiary/aromatic N) is 1. The SMILES string of the molecule is C=C(c1ccccc1Cl)c1cc([N+](=O)[O-])ccc1NC(=O)CC.CO. The van der Waals surface area contributed by atoms with Crippen molar-refractivity contribution in [2.45, 2.75) is 13.3 Å². The number of hydrogen-bond donors (Lipinski definition) is 2. The molecule has 0 aliphatic carbocycles. The first-order chi connectivity index (χ1) is 11.9. The second-order valence-corrected chi connectivity index (χ2v) is 5.25. The predicted octanol–water partition coefficient (Wildman–Crippen LogP) is 4.27. The van der Waals surface area contributed by atoms with E-state index in [9.17, 15) is 14.9 Å². The minimum atomic E-state index is -0.491. The standard InChI is InChI=1S/C17H15ClN2O3.CH4O/c1-3-17(21)19-16-9-8-12(20(22)23)10-14(16)11(2)13-6-4-5-7-15(13)18;1-2/h4-10H,2-3H2,1H3,(H,19,21);2H,1H3. The summed E-state index contributed by atoms with van der Waals surface area (Å²) in [5.41, 5.74) is 2.01. The van der Waals surface area contributed by atoms with Crippen LogP contribution in [0.5, 0.6) is 0 Å². The first-order valence-corrected chi connectivity index (χ1v) is 7.79. The molecule has 2 rings (SSSR count). The number of carbonyl (C=O) groups excluding carboxylic acids is 1. The Balaban J connectivity index is 0.00000151. The zero-order valence-corrected chi connectivity index (χ0v) is 14.7. The van der Waals surface area contributed by atoms with Crippen molar-refractivity contribution in [1.29, 1.82) is 0 Å². The van der Waals surface area contributed by atoms with Crippen LogP contribution in [0.25, 0.3) is 5.57 Å². The predicted molar refractivity (Wildman–Crippen MR) is 99.7 cm³/mol. The zero-order chi connectivity index (χ0) is 19.0. The van der Waals surface area contributed by atoms with E-state index >= 15 is 0 Å². The van der Waals surface area contributed by atoms with Gasteiger partial charge in [0, 0.05) is 47.5 Å². The molecule has 0 radical (unpaired) electrons. The molecule has 6 nitrogen and oxygen atoms in total. The van der Waals surface area contributed by atoms with Crippen LogP contribution in [0.4, 0.5) is 11.4 Å². The summed E-state index contributed by atoms with van der Waals surface area (Å²) in [6.07, 6.45) is 0.301. The Bertz CT molecular complexity index is 790. The van der Waals surface area contributed by atoms with E-state index < -0.39 is 4.92 Å². The van der Waals surface area contributed by atoms with Gasteiger partial charge >= 0.3 is 0 Å². The van der Waals surface area contributed by atoms with Crippen LogP contribution in [0.15, 0.2) is 49.0 Å². The Kier molecular flexibility index (Phi) is 7.78. The maximum Gasteiger partial charge on any atom is 0.270 e. The number of carbonyl (C=O) groups is 1. The molecule has 0 aromatic heterocycles.